The van der Waals surface area contributed by atoms with Gasteiger partial charge in [0.05, 0.1) is 0 Å². The van der Waals surface area contributed by atoms with Gasteiger partial charge in [-0.1, -0.05) is 0 Å². The Balaban J connectivity index is 2.00. The average Bonchev–Trinajstić information content (AvgIpc) is 2.63. The van der Waals surface area contributed by atoms with Crippen LogP contribution < -0.4 is 10.9 Å². The summed E-state index contributed by atoms with van der Waals surface area (Å²) in [4.78, 5) is 25.6. The lowest BCUT2D eigenvalue weighted by molar-refractivity contribution is 0.629. The van der Waals surface area contributed by atoms with Crippen molar-refractivity contribution in [1.29, 1.82) is 0 Å². The summed E-state index contributed by atoms with van der Waals surface area (Å²) in [5.74, 6) is -0.917. The molecule has 5 aromatic rings. The van der Waals surface area contributed by atoms with Gasteiger partial charge in [-0.25, -0.2) is 8.78 Å². The van der Waals surface area contributed by atoms with Crippen molar-refractivity contribution in [3.63, 3.8) is 0 Å². The zero-order valence-electron chi connectivity index (χ0n) is 13.0. The quantitative estimate of drug-likeness (QED) is 0.335. The van der Waals surface area contributed by atoms with Crippen LogP contribution in [0.2, 0.25) is 0 Å². The predicted octanol–water partition coefficient (Wildman–Crippen LogP) is 5.42. The van der Waals surface area contributed by atoms with Crippen LogP contribution in [-0.2, 0) is 0 Å². The maximum Gasteiger partial charge on any atom is 0.196 e. The Morgan fingerprint density at radius 3 is 1.35 bits per heavy atom. The summed E-state index contributed by atoms with van der Waals surface area (Å²) >= 11 is 2.66. The third-order valence-corrected chi connectivity index (χ3v) is 6.65. The van der Waals surface area contributed by atoms with Gasteiger partial charge in [0.2, 0.25) is 0 Å². The van der Waals surface area contributed by atoms with Gasteiger partial charge in [0.15, 0.2) is 10.9 Å². The van der Waals surface area contributed by atoms with Crippen LogP contribution in [0.4, 0.5) is 8.78 Å². The van der Waals surface area contributed by atoms with E-state index in [-0.39, 0.29) is 10.9 Å². The molecule has 0 radical (unpaired) electrons. The number of rotatable bonds is 0. The van der Waals surface area contributed by atoms with E-state index in [1.807, 2.05) is 0 Å². The fourth-order valence-corrected chi connectivity index (χ4v) is 5.29. The topological polar surface area (TPSA) is 34.1 Å². The smallest absolute Gasteiger partial charge is 0.196 e. The van der Waals surface area contributed by atoms with Crippen LogP contribution in [-0.4, -0.2) is 0 Å². The Morgan fingerprint density at radius 2 is 0.923 bits per heavy atom. The van der Waals surface area contributed by atoms with Crippen LogP contribution in [0, 0.1) is 11.6 Å². The molecule has 5 rings (SSSR count). The highest BCUT2D eigenvalue weighted by molar-refractivity contribution is 7.26. The van der Waals surface area contributed by atoms with Crippen LogP contribution in [0.15, 0.2) is 58.1 Å². The number of hydrogen-bond donors (Lipinski definition) is 0. The molecule has 0 N–H and O–H groups in total. The molecule has 2 aromatic heterocycles. The van der Waals surface area contributed by atoms with Gasteiger partial charge in [-0.05, 0) is 48.5 Å². The van der Waals surface area contributed by atoms with Crippen LogP contribution in [0.1, 0.15) is 0 Å². The molecule has 0 spiro atoms. The molecule has 0 saturated heterocycles. The minimum absolute atomic E-state index is 0.256. The Bertz CT molecular complexity index is 1380. The molecule has 0 fully saturated rings. The van der Waals surface area contributed by atoms with Crippen LogP contribution in [0.5, 0.6) is 0 Å². The Labute approximate surface area is 152 Å². The number of fused-ring (bicyclic) bond motifs is 4. The maximum absolute atomic E-state index is 13.5. The number of halogens is 2. The largest absolute Gasteiger partial charge is 0.289 e. The van der Waals surface area contributed by atoms with E-state index < -0.39 is 11.6 Å². The molecule has 2 heterocycles. The first kappa shape index (κ1) is 15.5. The summed E-state index contributed by atoms with van der Waals surface area (Å²) in [6, 6.07) is 11.6. The summed E-state index contributed by atoms with van der Waals surface area (Å²) in [6.45, 7) is 0. The molecule has 126 valence electrons. The summed E-state index contributed by atoms with van der Waals surface area (Å²) in [5.41, 5.74) is -0.511. The van der Waals surface area contributed by atoms with E-state index in [0.717, 1.165) is 0 Å². The summed E-state index contributed by atoms with van der Waals surface area (Å²) in [5, 5.41) is 1.57. The minimum atomic E-state index is -0.459. The minimum Gasteiger partial charge on any atom is -0.289 e. The standard InChI is InChI=1S/C20H8F2O2S2/c21-9-1-3-15-11(5-9)19(23)13-8-18-14(7-17(13)25-15)20(24)12-6-10(22)2-4-16(12)26-18/h1-8H. The summed E-state index contributed by atoms with van der Waals surface area (Å²) < 4.78 is 29.7. The zero-order chi connectivity index (χ0) is 18.0. The normalized spacial score (nSPS) is 11.8. The van der Waals surface area contributed by atoms with Crippen LogP contribution in [0.25, 0.3) is 40.3 Å². The highest BCUT2D eigenvalue weighted by atomic mass is 32.1. The Morgan fingerprint density at radius 1 is 0.538 bits per heavy atom. The Hall–Kier alpha value is -2.70. The van der Waals surface area contributed by atoms with Crippen molar-refractivity contribution in [3.05, 3.63) is 80.6 Å². The molecular formula is C20H8F2O2S2. The second kappa shape index (κ2) is 5.40. The van der Waals surface area contributed by atoms with Crippen molar-refractivity contribution in [1.82, 2.24) is 0 Å². The zero-order valence-corrected chi connectivity index (χ0v) is 14.6. The van der Waals surface area contributed by atoms with Gasteiger partial charge in [0.25, 0.3) is 0 Å². The van der Waals surface area contributed by atoms with Gasteiger partial charge in [0.1, 0.15) is 11.6 Å². The third-order valence-electron chi connectivity index (χ3n) is 4.38. The second-order valence-electron chi connectivity index (χ2n) is 5.99. The number of benzene rings is 3. The van der Waals surface area contributed by atoms with Gasteiger partial charge >= 0.3 is 0 Å². The Kier molecular flexibility index (Phi) is 3.23. The van der Waals surface area contributed by atoms with Crippen molar-refractivity contribution in [2.45, 2.75) is 0 Å². The fourth-order valence-electron chi connectivity index (χ4n) is 3.15. The summed E-state index contributed by atoms with van der Waals surface area (Å²) in [6.07, 6.45) is 0. The van der Waals surface area contributed by atoms with Crippen molar-refractivity contribution in [2.75, 3.05) is 0 Å². The first-order valence-corrected chi connectivity index (χ1v) is 9.37. The van der Waals surface area contributed by atoms with Crippen LogP contribution >= 0.6 is 22.7 Å². The van der Waals surface area contributed by atoms with E-state index in [4.69, 9.17) is 0 Å². The lowest BCUT2D eigenvalue weighted by Gasteiger charge is -2.05. The molecule has 0 aliphatic carbocycles. The number of hydrogen-bond acceptors (Lipinski definition) is 4. The highest BCUT2D eigenvalue weighted by Gasteiger charge is 2.12. The lowest BCUT2D eigenvalue weighted by atomic mass is 10.1. The SMILES string of the molecule is O=c1c2cc(F)ccc2sc2cc3c(=O)c4cc(F)ccc4sc3cc12. The molecule has 3 aromatic carbocycles. The molecule has 26 heavy (non-hydrogen) atoms. The summed E-state index contributed by atoms with van der Waals surface area (Å²) in [7, 11) is 0. The monoisotopic (exact) mass is 382 g/mol. The van der Waals surface area contributed by atoms with E-state index in [0.29, 0.717) is 40.3 Å². The van der Waals surface area contributed by atoms with E-state index in [2.05, 4.69) is 0 Å². The highest BCUT2D eigenvalue weighted by Crippen LogP contribution is 2.31. The van der Waals surface area contributed by atoms with E-state index in [1.165, 1.54) is 46.9 Å². The second-order valence-corrected chi connectivity index (χ2v) is 8.16. The molecule has 0 bridgehead atoms. The molecule has 0 amide bonds. The van der Waals surface area contributed by atoms with Crippen molar-refractivity contribution in [2.24, 2.45) is 0 Å². The molecule has 0 saturated carbocycles. The van der Waals surface area contributed by atoms with Crippen LogP contribution in [0.3, 0.4) is 0 Å². The lowest BCUT2D eigenvalue weighted by Crippen LogP contribution is -2.04. The maximum atomic E-state index is 13.5. The van der Waals surface area contributed by atoms with Crippen molar-refractivity contribution < 1.29 is 8.78 Å². The molecule has 0 atom stereocenters. The molecule has 0 aliphatic heterocycles. The predicted molar refractivity (Wildman–Crippen MR) is 105 cm³/mol. The van der Waals surface area contributed by atoms with Gasteiger partial charge in [0, 0.05) is 40.3 Å². The molecule has 6 heteroatoms. The van der Waals surface area contributed by atoms with Gasteiger partial charge < -0.3 is 0 Å². The van der Waals surface area contributed by atoms with E-state index in [1.54, 1.807) is 24.3 Å². The molecular weight excluding hydrogens is 374 g/mol. The third kappa shape index (κ3) is 2.19. The molecule has 0 aliphatic rings. The van der Waals surface area contributed by atoms with Gasteiger partial charge in [-0.15, -0.1) is 22.7 Å². The van der Waals surface area contributed by atoms with Crippen molar-refractivity contribution in [3.8, 4) is 0 Å². The van der Waals surface area contributed by atoms with E-state index >= 15 is 0 Å². The first-order valence-electron chi connectivity index (χ1n) is 7.73. The molecule has 2 nitrogen and oxygen atoms in total. The first-order chi connectivity index (χ1) is 12.5. The van der Waals surface area contributed by atoms with Crippen molar-refractivity contribution >= 4 is 63.0 Å². The average molecular weight is 382 g/mol. The van der Waals surface area contributed by atoms with E-state index in [9.17, 15) is 18.4 Å². The van der Waals surface area contributed by atoms with Gasteiger partial charge in [-0.2, -0.15) is 0 Å². The molecule has 0 unspecified atom stereocenters. The fraction of sp³-hybridized carbons (Fsp3) is 0. The van der Waals surface area contributed by atoms with Gasteiger partial charge in [-0.3, -0.25) is 9.59 Å².